The smallest absolute Gasteiger partial charge is 1.00 e. The standard InChI is InChI=1S/C29H37.C5H5.C3H6.2ClH.Zr/c1-18-25-22-17-19-13-9-10-14-20(19)24(22)21-15-11-12-16-23(21)29(25,8)28(6,7)27(4,5)26(18,2)3;1-2-4-5-3-1;1-3-2;;;/h9-11,13-15,23H,12,16-17H2,1-8H3;1-3H,4H2;1-2H3;2*1H;/q;;;;;+2/p-2. The van der Waals surface area contributed by atoms with Crippen molar-refractivity contribution in [1.82, 2.24) is 0 Å². The van der Waals surface area contributed by atoms with E-state index >= 15 is 0 Å². The predicted molar refractivity (Wildman–Crippen MR) is 162 cm³/mol. The molecule has 0 amide bonds. The second-order valence-electron chi connectivity index (χ2n) is 15.0. The monoisotopic (exact) mass is 652 g/mol. The van der Waals surface area contributed by atoms with Gasteiger partial charge in [-0.25, -0.2) is 0 Å². The summed E-state index contributed by atoms with van der Waals surface area (Å²) in [4.78, 5) is 0. The molecule has 0 spiro atoms. The fraction of sp³-hybridized carbons (Fsp3) is 0.541. The van der Waals surface area contributed by atoms with Gasteiger partial charge in [-0.2, -0.15) is 0 Å². The first-order chi connectivity index (χ1) is 17.7. The van der Waals surface area contributed by atoms with Gasteiger partial charge < -0.3 is 24.8 Å². The molecule has 1 saturated carbocycles. The Morgan fingerprint density at radius 2 is 1.52 bits per heavy atom. The van der Waals surface area contributed by atoms with Gasteiger partial charge in [-0.15, -0.1) is 0 Å². The molecule has 0 bridgehead atoms. The predicted octanol–water partition coefficient (Wildman–Crippen LogP) is 4.23. The van der Waals surface area contributed by atoms with Crippen LogP contribution in [0.4, 0.5) is 0 Å². The van der Waals surface area contributed by atoms with Gasteiger partial charge in [0.05, 0.1) is 0 Å². The van der Waals surface area contributed by atoms with Crippen LogP contribution < -0.4 is 24.8 Å². The zero-order valence-corrected chi connectivity index (χ0v) is 30.3. The van der Waals surface area contributed by atoms with Crippen molar-refractivity contribution in [3.63, 3.8) is 0 Å². The zero-order chi connectivity index (χ0) is 27.5. The minimum Gasteiger partial charge on any atom is -1.00 e. The largest absolute Gasteiger partial charge is 1.00 e. The van der Waals surface area contributed by atoms with Gasteiger partial charge in [0, 0.05) is 0 Å². The number of fused-ring (bicyclic) bond motifs is 6. The van der Waals surface area contributed by atoms with Gasteiger partial charge >= 0.3 is 241 Å². The number of hydrogen-bond acceptors (Lipinski definition) is 0. The maximum absolute atomic E-state index is 2.79. The molecular formula is C37H48Cl2Zr. The SMILES string of the molecule is C[C](C)=[Zr+2]([C]1=CC=CC1)[C]1(C)C2=C3Cc4ccccc4C3=C3C=CCCC3C2(C)C(C)(C)C(C)(C)C1(C)C.[Cl-].[Cl-]. The van der Waals surface area contributed by atoms with E-state index in [-0.39, 0.29) is 49.6 Å². The number of halogens is 2. The molecule has 5 aliphatic rings. The van der Waals surface area contributed by atoms with Gasteiger partial charge in [0.15, 0.2) is 0 Å². The molecule has 6 rings (SSSR count). The third-order valence-electron chi connectivity index (χ3n) is 13.3. The molecule has 0 aliphatic heterocycles. The van der Waals surface area contributed by atoms with Crippen molar-refractivity contribution >= 4 is 8.78 Å². The second kappa shape index (κ2) is 10.2. The Balaban J connectivity index is 0.00000185. The Kier molecular flexibility index (Phi) is 8.18. The van der Waals surface area contributed by atoms with Crippen molar-refractivity contribution in [2.75, 3.05) is 0 Å². The summed E-state index contributed by atoms with van der Waals surface area (Å²) in [5.74, 6) is 0.578. The number of hydrogen-bond donors (Lipinski definition) is 0. The number of rotatable bonds is 2. The van der Waals surface area contributed by atoms with Crippen molar-refractivity contribution in [2.45, 2.75) is 98.0 Å². The van der Waals surface area contributed by atoms with E-state index in [0.717, 1.165) is 6.42 Å². The Morgan fingerprint density at radius 1 is 0.850 bits per heavy atom. The fourth-order valence-corrected chi connectivity index (χ4v) is 21.1. The molecule has 3 unspecified atom stereocenters. The van der Waals surface area contributed by atoms with E-state index in [1.54, 1.807) is 25.5 Å². The van der Waals surface area contributed by atoms with Crippen molar-refractivity contribution in [3.05, 3.63) is 85.8 Å². The molecule has 0 heterocycles. The summed E-state index contributed by atoms with van der Waals surface area (Å²) in [7, 11) is 0. The summed E-state index contributed by atoms with van der Waals surface area (Å²) in [5.41, 5.74) is 10.5. The van der Waals surface area contributed by atoms with Crippen LogP contribution in [-0.4, -0.2) is 3.21 Å². The van der Waals surface area contributed by atoms with Crippen molar-refractivity contribution in [1.29, 1.82) is 0 Å². The normalized spacial score (nSPS) is 31.5. The first kappa shape index (κ1) is 32.2. The van der Waals surface area contributed by atoms with Crippen LogP contribution in [0, 0.1) is 27.6 Å². The van der Waals surface area contributed by atoms with Crippen LogP contribution in [-0.2, 0) is 27.7 Å². The van der Waals surface area contributed by atoms with E-state index in [9.17, 15) is 0 Å². The van der Waals surface area contributed by atoms with Gasteiger partial charge in [-0.1, -0.05) is 0 Å². The quantitative estimate of drug-likeness (QED) is 0.448. The third-order valence-corrected chi connectivity index (χ3v) is 22.9. The molecular weight excluding hydrogens is 607 g/mol. The molecule has 5 aliphatic carbocycles. The van der Waals surface area contributed by atoms with Gasteiger partial charge in [-0.05, 0) is 0 Å². The van der Waals surface area contributed by atoms with Crippen LogP contribution in [0.3, 0.4) is 0 Å². The minimum absolute atomic E-state index is 0. The average Bonchev–Trinajstić information content (AvgIpc) is 3.51. The van der Waals surface area contributed by atoms with Crippen LogP contribution in [0.15, 0.2) is 74.6 Å². The van der Waals surface area contributed by atoms with Crippen LogP contribution >= 0.6 is 0 Å². The number of benzene rings is 1. The molecule has 0 saturated heterocycles. The Labute approximate surface area is 264 Å². The van der Waals surface area contributed by atoms with Gasteiger partial charge in [-0.3, -0.25) is 0 Å². The summed E-state index contributed by atoms with van der Waals surface area (Å²) in [6, 6.07) is 9.37. The molecule has 1 aromatic rings. The second-order valence-corrected chi connectivity index (χ2v) is 23.3. The van der Waals surface area contributed by atoms with Crippen molar-refractivity contribution < 1.29 is 46.1 Å². The Morgan fingerprint density at radius 3 is 2.15 bits per heavy atom. The van der Waals surface area contributed by atoms with Gasteiger partial charge in [0.25, 0.3) is 0 Å². The molecule has 1 aromatic carbocycles. The molecule has 3 atom stereocenters. The van der Waals surface area contributed by atoms with Crippen molar-refractivity contribution in [2.24, 2.45) is 27.6 Å². The van der Waals surface area contributed by atoms with E-state index in [2.05, 4.69) is 124 Å². The Hall–Kier alpha value is -0.747. The Bertz CT molecular complexity index is 1440. The molecule has 0 aromatic heterocycles. The van der Waals surface area contributed by atoms with E-state index < -0.39 is 21.3 Å². The molecule has 0 N–H and O–H groups in total. The van der Waals surface area contributed by atoms with Gasteiger partial charge in [0.1, 0.15) is 0 Å². The molecule has 0 nitrogen and oxygen atoms in total. The van der Waals surface area contributed by atoms with Crippen LogP contribution in [0.5, 0.6) is 0 Å². The zero-order valence-electron chi connectivity index (χ0n) is 26.4. The minimum atomic E-state index is -2.36. The van der Waals surface area contributed by atoms with Crippen LogP contribution in [0.1, 0.15) is 99.6 Å². The first-order valence-corrected chi connectivity index (χ1v) is 18.7. The van der Waals surface area contributed by atoms with E-state index in [0.29, 0.717) is 5.92 Å². The van der Waals surface area contributed by atoms with Crippen LogP contribution in [0.25, 0.3) is 5.57 Å². The van der Waals surface area contributed by atoms with E-state index in [4.69, 9.17) is 0 Å². The maximum Gasteiger partial charge on any atom is -1.00 e. The summed E-state index contributed by atoms with van der Waals surface area (Å²) in [6.07, 6.45) is 17.1. The summed E-state index contributed by atoms with van der Waals surface area (Å²) >= 11 is -2.36. The maximum atomic E-state index is 2.79. The molecule has 1 fully saturated rings. The van der Waals surface area contributed by atoms with Gasteiger partial charge in [0.2, 0.25) is 0 Å². The fourth-order valence-electron chi connectivity index (χ4n) is 10.1. The van der Waals surface area contributed by atoms with E-state index in [1.165, 1.54) is 24.8 Å². The first-order valence-electron chi connectivity index (χ1n) is 15.0. The number of allylic oxidation sites excluding steroid dienone is 10. The van der Waals surface area contributed by atoms with Crippen LogP contribution in [0.2, 0.25) is 3.12 Å². The molecule has 3 heteroatoms. The average molecular weight is 655 g/mol. The van der Waals surface area contributed by atoms with Crippen molar-refractivity contribution in [3.8, 4) is 0 Å². The topological polar surface area (TPSA) is 0 Å². The third kappa shape index (κ3) is 3.62. The summed E-state index contributed by atoms with van der Waals surface area (Å²) in [5, 5.41) is 0. The summed E-state index contributed by atoms with van der Waals surface area (Å²) < 4.78 is 3.76. The molecule has 0 radical (unpaired) electrons. The molecule has 214 valence electrons. The summed E-state index contributed by atoms with van der Waals surface area (Å²) in [6.45, 7) is 26.5. The van der Waals surface area contributed by atoms with E-state index in [1.807, 2.05) is 8.85 Å². The molecule has 40 heavy (non-hydrogen) atoms.